The van der Waals surface area contributed by atoms with E-state index in [2.05, 4.69) is 19.2 Å². The molecule has 1 atom stereocenters. The predicted octanol–water partition coefficient (Wildman–Crippen LogP) is 7.20. The number of rotatable bonds is 13. The average Bonchev–Trinajstić information content (AvgIpc) is 2.96. The molecule has 0 heterocycles. The zero-order chi connectivity index (χ0) is 31.9. The maximum Gasteiger partial charge on any atom is 0.264 e. The molecule has 0 aromatic heterocycles. The number of aryl methyl sites for hydroxylation is 1. The Balaban J connectivity index is 2.08. The van der Waals surface area contributed by atoms with Crippen molar-refractivity contribution in [2.75, 3.05) is 17.4 Å². The molecule has 2 amide bonds. The van der Waals surface area contributed by atoms with Crippen molar-refractivity contribution < 1.29 is 18.0 Å². The van der Waals surface area contributed by atoms with Gasteiger partial charge in [0.15, 0.2) is 0 Å². The molecule has 232 valence electrons. The third-order valence-corrected chi connectivity index (χ3v) is 9.67. The molecule has 43 heavy (non-hydrogen) atoms. The lowest BCUT2D eigenvalue weighted by molar-refractivity contribution is -0.140. The lowest BCUT2D eigenvalue weighted by atomic mass is 10.0. The molecular weight excluding hydrogens is 605 g/mol. The molecule has 10 heteroatoms. The lowest BCUT2D eigenvalue weighted by Crippen LogP contribution is -2.52. The van der Waals surface area contributed by atoms with E-state index in [1.165, 1.54) is 17.0 Å². The Kier molecular flexibility index (Phi) is 12.1. The fourth-order valence-electron chi connectivity index (χ4n) is 4.57. The molecule has 0 saturated carbocycles. The number of nitrogens with zero attached hydrogens (tertiary/aromatic N) is 2. The van der Waals surface area contributed by atoms with E-state index in [0.717, 1.165) is 15.4 Å². The number of carbonyl (C=O) groups is 2. The summed E-state index contributed by atoms with van der Waals surface area (Å²) in [6, 6.07) is 17.8. The second-order valence-electron chi connectivity index (χ2n) is 11.4. The van der Waals surface area contributed by atoms with Crippen molar-refractivity contribution in [3.63, 3.8) is 0 Å². The van der Waals surface area contributed by atoms with Gasteiger partial charge in [-0.3, -0.25) is 13.9 Å². The summed E-state index contributed by atoms with van der Waals surface area (Å²) in [7, 11) is -4.15. The quantitative estimate of drug-likeness (QED) is 0.213. The first-order chi connectivity index (χ1) is 20.2. The Labute approximate surface area is 266 Å². The number of sulfonamides is 1. The van der Waals surface area contributed by atoms with Crippen molar-refractivity contribution in [1.29, 1.82) is 0 Å². The number of hydrogen-bond acceptors (Lipinski definition) is 4. The minimum absolute atomic E-state index is 0.0357. The van der Waals surface area contributed by atoms with Crippen molar-refractivity contribution in [2.45, 2.75) is 71.4 Å². The largest absolute Gasteiger partial charge is 0.354 e. The first-order valence-corrected chi connectivity index (χ1v) is 16.6. The summed E-state index contributed by atoms with van der Waals surface area (Å²) in [5, 5.41) is 3.61. The third-order valence-electron chi connectivity index (χ3n) is 7.14. The van der Waals surface area contributed by atoms with Gasteiger partial charge in [-0.25, -0.2) is 8.42 Å². The zero-order valence-corrected chi connectivity index (χ0v) is 27.9. The Morgan fingerprint density at radius 3 is 2.05 bits per heavy atom. The standard InChI is InChI=1S/C33H41Cl2N3O4S/c1-7-31(33(40)36-19-22(2)3)37(20-25-10-17-29(34)30(35)18-25)32(39)21-38(27-13-11-26(12-14-27)23(4)5)43(41,42)28-15-8-24(6)9-16-28/h8-18,22-23,31H,7,19-21H2,1-6H3,(H,36,40)/t31-/m1/s1. The second kappa shape index (κ2) is 15.1. The number of carbonyl (C=O) groups excluding carboxylic acids is 2. The monoisotopic (exact) mass is 645 g/mol. The SMILES string of the molecule is CC[C@H](C(=O)NCC(C)C)N(Cc1ccc(Cl)c(Cl)c1)C(=O)CN(c1ccc(C(C)C)cc1)S(=O)(=O)c1ccc(C)cc1. The van der Waals surface area contributed by atoms with Crippen LogP contribution >= 0.6 is 23.2 Å². The Morgan fingerprint density at radius 2 is 1.51 bits per heavy atom. The summed E-state index contributed by atoms with van der Waals surface area (Å²) < 4.78 is 29.2. The minimum Gasteiger partial charge on any atom is -0.354 e. The highest BCUT2D eigenvalue weighted by Crippen LogP contribution is 2.28. The van der Waals surface area contributed by atoms with Crippen molar-refractivity contribution in [2.24, 2.45) is 5.92 Å². The Bertz CT molecular complexity index is 1510. The number of nitrogens with one attached hydrogen (secondary N) is 1. The van der Waals surface area contributed by atoms with E-state index in [4.69, 9.17) is 23.2 Å². The van der Waals surface area contributed by atoms with Crippen LogP contribution in [0.2, 0.25) is 10.0 Å². The number of hydrogen-bond donors (Lipinski definition) is 1. The van der Waals surface area contributed by atoms with Gasteiger partial charge in [-0.1, -0.05) is 93.7 Å². The number of anilines is 1. The molecule has 3 aromatic carbocycles. The van der Waals surface area contributed by atoms with Crippen LogP contribution in [0.25, 0.3) is 0 Å². The first kappa shape index (κ1) is 34.4. The second-order valence-corrected chi connectivity index (χ2v) is 14.1. The van der Waals surface area contributed by atoms with E-state index in [-0.39, 0.29) is 29.2 Å². The predicted molar refractivity (Wildman–Crippen MR) is 175 cm³/mol. The van der Waals surface area contributed by atoms with E-state index < -0.39 is 28.5 Å². The lowest BCUT2D eigenvalue weighted by Gasteiger charge is -2.33. The molecule has 0 saturated heterocycles. The molecule has 1 N–H and O–H groups in total. The van der Waals surface area contributed by atoms with Crippen LogP contribution in [0.5, 0.6) is 0 Å². The maximum absolute atomic E-state index is 14.2. The van der Waals surface area contributed by atoms with Gasteiger partial charge in [0, 0.05) is 13.1 Å². The zero-order valence-electron chi connectivity index (χ0n) is 25.6. The van der Waals surface area contributed by atoms with Gasteiger partial charge in [-0.2, -0.15) is 0 Å². The van der Waals surface area contributed by atoms with Crippen LogP contribution in [0.4, 0.5) is 5.69 Å². The van der Waals surface area contributed by atoms with Crippen LogP contribution in [0.3, 0.4) is 0 Å². The fraction of sp³-hybridized carbons (Fsp3) is 0.394. The van der Waals surface area contributed by atoms with E-state index in [0.29, 0.717) is 34.3 Å². The molecule has 0 bridgehead atoms. The normalized spacial score (nSPS) is 12.3. The van der Waals surface area contributed by atoms with Crippen molar-refractivity contribution in [3.8, 4) is 0 Å². The van der Waals surface area contributed by atoms with Gasteiger partial charge in [-0.15, -0.1) is 0 Å². The first-order valence-electron chi connectivity index (χ1n) is 14.4. The summed E-state index contributed by atoms with van der Waals surface area (Å²) in [4.78, 5) is 29.1. The fourth-order valence-corrected chi connectivity index (χ4v) is 6.30. The van der Waals surface area contributed by atoms with Gasteiger partial charge >= 0.3 is 0 Å². The van der Waals surface area contributed by atoms with E-state index in [9.17, 15) is 18.0 Å². The Morgan fingerprint density at radius 1 is 0.884 bits per heavy atom. The third kappa shape index (κ3) is 8.97. The van der Waals surface area contributed by atoms with Crippen molar-refractivity contribution in [1.82, 2.24) is 10.2 Å². The van der Waals surface area contributed by atoms with Crippen LogP contribution < -0.4 is 9.62 Å². The van der Waals surface area contributed by atoms with Crippen LogP contribution in [0.1, 0.15) is 63.6 Å². The van der Waals surface area contributed by atoms with Gasteiger partial charge < -0.3 is 10.2 Å². The molecule has 0 aliphatic carbocycles. The molecular formula is C33H41Cl2N3O4S. The van der Waals surface area contributed by atoms with Crippen LogP contribution in [0, 0.1) is 12.8 Å². The maximum atomic E-state index is 14.2. The smallest absolute Gasteiger partial charge is 0.264 e. The number of halogens is 2. The summed E-state index contributed by atoms with van der Waals surface area (Å²) in [5.74, 6) is -0.376. The van der Waals surface area contributed by atoms with Gasteiger partial charge in [0.25, 0.3) is 10.0 Å². The molecule has 7 nitrogen and oxygen atoms in total. The van der Waals surface area contributed by atoms with Crippen LogP contribution in [0.15, 0.2) is 71.6 Å². The summed E-state index contributed by atoms with van der Waals surface area (Å²) >= 11 is 12.4. The van der Waals surface area contributed by atoms with E-state index in [1.54, 1.807) is 42.5 Å². The number of amides is 2. The average molecular weight is 647 g/mol. The van der Waals surface area contributed by atoms with Gasteiger partial charge in [0.1, 0.15) is 12.6 Å². The molecule has 0 unspecified atom stereocenters. The number of benzene rings is 3. The minimum atomic E-state index is -4.15. The van der Waals surface area contributed by atoms with Crippen molar-refractivity contribution in [3.05, 3.63) is 93.5 Å². The van der Waals surface area contributed by atoms with E-state index in [1.807, 2.05) is 39.8 Å². The summed E-state index contributed by atoms with van der Waals surface area (Å²) in [6.07, 6.45) is 0.324. The van der Waals surface area contributed by atoms with Crippen LogP contribution in [-0.4, -0.2) is 44.3 Å². The molecule has 0 aliphatic heterocycles. The molecule has 3 rings (SSSR count). The Hall–Kier alpha value is -3.07. The molecule has 0 spiro atoms. The molecule has 0 radical (unpaired) electrons. The topological polar surface area (TPSA) is 86.8 Å². The van der Waals surface area contributed by atoms with Gasteiger partial charge in [0.2, 0.25) is 11.8 Å². The molecule has 0 fully saturated rings. The summed E-state index contributed by atoms with van der Waals surface area (Å²) in [6.45, 7) is 11.7. The van der Waals surface area contributed by atoms with Crippen LogP contribution in [-0.2, 0) is 26.2 Å². The van der Waals surface area contributed by atoms with Crippen molar-refractivity contribution >= 4 is 50.7 Å². The highest BCUT2D eigenvalue weighted by atomic mass is 35.5. The van der Waals surface area contributed by atoms with E-state index >= 15 is 0 Å². The van der Waals surface area contributed by atoms with Gasteiger partial charge in [0.05, 0.1) is 20.6 Å². The molecule has 3 aromatic rings. The highest BCUT2D eigenvalue weighted by molar-refractivity contribution is 7.92. The highest BCUT2D eigenvalue weighted by Gasteiger charge is 2.33. The van der Waals surface area contributed by atoms with Gasteiger partial charge in [-0.05, 0) is 72.7 Å². The molecule has 0 aliphatic rings. The summed E-state index contributed by atoms with van der Waals surface area (Å²) in [5.41, 5.74) is 2.96.